The number of para-hydroxylation sites is 1. The van der Waals surface area contributed by atoms with Gasteiger partial charge in [0.05, 0.1) is 0 Å². The van der Waals surface area contributed by atoms with Crippen molar-refractivity contribution >= 4 is 11.7 Å². The molecule has 0 bridgehead atoms. The van der Waals surface area contributed by atoms with Crippen molar-refractivity contribution in [1.82, 2.24) is 0 Å². The molecule has 1 atom stereocenters. The van der Waals surface area contributed by atoms with E-state index in [1.807, 2.05) is 31.2 Å². The van der Waals surface area contributed by atoms with E-state index in [9.17, 15) is 4.79 Å². The molecule has 24 heavy (non-hydrogen) atoms. The summed E-state index contributed by atoms with van der Waals surface area (Å²) < 4.78 is 5.68. The summed E-state index contributed by atoms with van der Waals surface area (Å²) >= 11 is 0. The van der Waals surface area contributed by atoms with Crippen LogP contribution in [0.5, 0.6) is 0 Å². The summed E-state index contributed by atoms with van der Waals surface area (Å²) in [5, 5.41) is 12.5. The van der Waals surface area contributed by atoms with Crippen molar-refractivity contribution in [3.63, 3.8) is 0 Å². The maximum absolute atomic E-state index is 10.9. The molecule has 0 aliphatic carbocycles. The number of rotatable bonds is 10. The minimum Gasteiger partial charge on any atom is -0.480 e. The van der Waals surface area contributed by atoms with Crippen LogP contribution < -0.4 is 5.32 Å². The Balaban J connectivity index is 2.01. The summed E-state index contributed by atoms with van der Waals surface area (Å²) in [4.78, 5) is 10.9. The van der Waals surface area contributed by atoms with Crippen molar-refractivity contribution in [2.75, 3.05) is 11.9 Å². The number of hydrogen-bond acceptors (Lipinski definition) is 3. The fourth-order valence-electron chi connectivity index (χ4n) is 3.20. The Morgan fingerprint density at radius 2 is 1.88 bits per heavy atom. The molecule has 0 radical (unpaired) electrons. The van der Waals surface area contributed by atoms with Gasteiger partial charge in [0.25, 0.3) is 0 Å². The van der Waals surface area contributed by atoms with Gasteiger partial charge in [-0.05, 0) is 31.4 Å². The van der Waals surface area contributed by atoms with Crippen LogP contribution >= 0.6 is 0 Å². The zero-order valence-corrected chi connectivity index (χ0v) is 14.8. The number of carboxylic acid groups (broad SMARTS) is 1. The number of allylic oxidation sites excluding steroid dienone is 1. The largest absolute Gasteiger partial charge is 0.480 e. The molecule has 4 heteroatoms. The van der Waals surface area contributed by atoms with Crippen molar-refractivity contribution in [2.45, 2.75) is 64.9 Å². The molecule has 4 nitrogen and oxygen atoms in total. The van der Waals surface area contributed by atoms with Gasteiger partial charge in [0.1, 0.15) is 12.7 Å². The van der Waals surface area contributed by atoms with Gasteiger partial charge in [-0.2, -0.15) is 0 Å². The lowest BCUT2D eigenvalue weighted by Gasteiger charge is -2.30. The summed E-state index contributed by atoms with van der Waals surface area (Å²) in [6.07, 6.45) is 8.29. The SMILES string of the molecule is CCCCCCCCC1=C(C)C(OCC(=O)O)c2ccccc2N1. The van der Waals surface area contributed by atoms with Crippen molar-refractivity contribution in [1.29, 1.82) is 0 Å². The lowest BCUT2D eigenvalue weighted by molar-refractivity contribution is -0.143. The number of anilines is 1. The monoisotopic (exact) mass is 331 g/mol. The van der Waals surface area contributed by atoms with Crippen LogP contribution in [0.3, 0.4) is 0 Å². The van der Waals surface area contributed by atoms with E-state index >= 15 is 0 Å². The van der Waals surface area contributed by atoms with Crippen LogP contribution in [0.15, 0.2) is 35.5 Å². The van der Waals surface area contributed by atoms with E-state index in [2.05, 4.69) is 12.2 Å². The zero-order chi connectivity index (χ0) is 17.4. The molecule has 1 aliphatic heterocycles. The Hall–Kier alpha value is -1.81. The van der Waals surface area contributed by atoms with Crippen LogP contribution in [0.1, 0.15) is 70.5 Å². The van der Waals surface area contributed by atoms with Crippen molar-refractivity contribution in [3.05, 3.63) is 41.1 Å². The van der Waals surface area contributed by atoms with E-state index in [1.54, 1.807) is 0 Å². The van der Waals surface area contributed by atoms with Crippen LogP contribution in [0.4, 0.5) is 5.69 Å². The molecule has 0 amide bonds. The zero-order valence-electron chi connectivity index (χ0n) is 14.8. The number of aliphatic carboxylic acids is 1. The smallest absolute Gasteiger partial charge is 0.329 e. The predicted octanol–water partition coefficient (Wildman–Crippen LogP) is 5.28. The van der Waals surface area contributed by atoms with E-state index in [-0.39, 0.29) is 12.7 Å². The molecule has 0 fully saturated rings. The number of ether oxygens (including phenoxy) is 1. The molecular formula is C20H29NO3. The predicted molar refractivity (Wildman–Crippen MR) is 97.1 cm³/mol. The first-order valence-corrected chi connectivity index (χ1v) is 9.02. The highest BCUT2D eigenvalue weighted by Gasteiger charge is 2.26. The van der Waals surface area contributed by atoms with Gasteiger partial charge < -0.3 is 15.2 Å². The first kappa shape index (κ1) is 18.5. The molecule has 1 unspecified atom stereocenters. The van der Waals surface area contributed by atoms with Gasteiger partial charge in [-0.25, -0.2) is 4.79 Å². The van der Waals surface area contributed by atoms with Gasteiger partial charge >= 0.3 is 5.97 Å². The number of carbonyl (C=O) groups is 1. The molecule has 2 N–H and O–H groups in total. The molecule has 1 aliphatic rings. The van der Waals surface area contributed by atoms with Crippen LogP contribution in [0.25, 0.3) is 0 Å². The maximum atomic E-state index is 10.9. The molecular weight excluding hydrogens is 302 g/mol. The van der Waals surface area contributed by atoms with Gasteiger partial charge in [-0.1, -0.05) is 57.2 Å². The number of benzene rings is 1. The number of carboxylic acids is 1. The molecule has 0 spiro atoms. The number of fused-ring (bicyclic) bond motifs is 1. The average Bonchev–Trinajstić information content (AvgIpc) is 2.57. The van der Waals surface area contributed by atoms with Crippen molar-refractivity contribution in [2.24, 2.45) is 0 Å². The van der Waals surface area contributed by atoms with Crippen LogP contribution in [0.2, 0.25) is 0 Å². The Bertz CT molecular complexity index is 580. The first-order chi connectivity index (χ1) is 11.6. The standard InChI is InChI=1S/C20H29NO3/c1-3-4-5-6-7-8-12-17-15(2)20(24-14-19(22)23)16-11-9-10-13-18(16)21-17/h9-11,13,20-21H,3-8,12,14H2,1-2H3,(H,22,23). The molecule has 1 aromatic carbocycles. The third kappa shape index (κ3) is 5.10. The Labute approximate surface area is 144 Å². The highest BCUT2D eigenvalue weighted by Crippen LogP contribution is 2.39. The molecule has 1 aromatic rings. The van der Waals surface area contributed by atoms with Crippen LogP contribution in [0, 0.1) is 0 Å². The fraction of sp³-hybridized carbons (Fsp3) is 0.550. The summed E-state index contributed by atoms with van der Waals surface area (Å²) in [7, 11) is 0. The molecule has 2 rings (SSSR count). The second-order valence-corrected chi connectivity index (χ2v) is 6.48. The minimum absolute atomic E-state index is 0.270. The van der Waals surface area contributed by atoms with Crippen molar-refractivity contribution < 1.29 is 14.6 Å². The number of nitrogens with one attached hydrogen (secondary N) is 1. The second-order valence-electron chi connectivity index (χ2n) is 6.48. The van der Waals surface area contributed by atoms with Gasteiger partial charge in [0.15, 0.2) is 0 Å². The van der Waals surface area contributed by atoms with E-state index in [0.29, 0.717) is 0 Å². The summed E-state index contributed by atoms with van der Waals surface area (Å²) in [5.41, 5.74) is 4.32. The van der Waals surface area contributed by atoms with E-state index in [4.69, 9.17) is 9.84 Å². The van der Waals surface area contributed by atoms with Crippen molar-refractivity contribution in [3.8, 4) is 0 Å². The Kier molecular flexibility index (Phi) is 7.32. The maximum Gasteiger partial charge on any atom is 0.329 e. The summed E-state index contributed by atoms with van der Waals surface area (Å²) in [5.74, 6) is -0.934. The highest BCUT2D eigenvalue weighted by atomic mass is 16.5. The number of unbranched alkanes of at least 4 members (excludes halogenated alkanes) is 5. The Morgan fingerprint density at radius 1 is 1.17 bits per heavy atom. The van der Waals surface area contributed by atoms with Gasteiger partial charge in [0, 0.05) is 16.9 Å². The Morgan fingerprint density at radius 3 is 2.62 bits per heavy atom. The summed E-state index contributed by atoms with van der Waals surface area (Å²) in [6, 6.07) is 7.98. The normalized spacial score (nSPS) is 16.7. The quantitative estimate of drug-likeness (QED) is 0.573. The summed E-state index contributed by atoms with van der Waals surface area (Å²) in [6.45, 7) is 4.00. The molecule has 1 heterocycles. The molecule has 0 saturated heterocycles. The van der Waals surface area contributed by atoms with E-state index in [1.165, 1.54) is 37.8 Å². The minimum atomic E-state index is -0.934. The van der Waals surface area contributed by atoms with Crippen LogP contribution in [-0.2, 0) is 9.53 Å². The van der Waals surface area contributed by atoms with Gasteiger partial charge in [-0.15, -0.1) is 0 Å². The van der Waals surface area contributed by atoms with E-state index < -0.39 is 5.97 Å². The third-order valence-corrected chi connectivity index (χ3v) is 4.55. The first-order valence-electron chi connectivity index (χ1n) is 9.02. The molecule has 0 aromatic heterocycles. The lowest BCUT2D eigenvalue weighted by Crippen LogP contribution is -2.21. The second kappa shape index (κ2) is 9.48. The van der Waals surface area contributed by atoms with Gasteiger partial charge in [0.2, 0.25) is 0 Å². The van der Waals surface area contributed by atoms with Crippen LogP contribution in [-0.4, -0.2) is 17.7 Å². The lowest BCUT2D eigenvalue weighted by atomic mass is 9.93. The fourth-order valence-corrected chi connectivity index (χ4v) is 3.20. The molecule has 0 saturated carbocycles. The third-order valence-electron chi connectivity index (χ3n) is 4.55. The average molecular weight is 331 g/mol. The highest BCUT2D eigenvalue weighted by molar-refractivity contribution is 5.68. The van der Waals surface area contributed by atoms with E-state index in [0.717, 1.165) is 29.7 Å². The van der Waals surface area contributed by atoms with Gasteiger partial charge in [-0.3, -0.25) is 0 Å². The molecule has 132 valence electrons. The topological polar surface area (TPSA) is 58.6 Å². The number of hydrogen-bond donors (Lipinski definition) is 2.